The summed E-state index contributed by atoms with van der Waals surface area (Å²) in [5.41, 5.74) is 1.76. The van der Waals surface area contributed by atoms with Crippen LogP contribution in [-0.2, 0) is 14.8 Å². The maximum atomic E-state index is 13.3. The fourth-order valence-corrected chi connectivity index (χ4v) is 4.62. The zero-order valence-corrected chi connectivity index (χ0v) is 19.8. The van der Waals surface area contributed by atoms with E-state index in [2.05, 4.69) is 4.74 Å². The van der Waals surface area contributed by atoms with Crippen LogP contribution < -0.4 is 20.1 Å². The van der Waals surface area contributed by atoms with Crippen molar-refractivity contribution in [3.8, 4) is 5.75 Å². The number of halogens is 7. The Bertz CT molecular complexity index is 1260. The highest BCUT2D eigenvalue weighted by Crippen LogP contribution is 2.41. The molecule has 2 atom stereocenters. The highest BCUT2D eigenvalue weighted by molar-refractivity contribution is 7.92. The molecule has 0 aromatic heterocycles. The third-order valence-electron chi connectivity index (χ3n) is 5.31. The van der Waals surface area contributed by atoms with Crippen LogP contribution in [-0.4, -0.2) is 51.2 Å². The molecular weight excluding hydrogens is 539 g/mol. The van der Waals surface area contributed by atoms with E-state index in [9.17, 15) is 43.9 Å². The van der Waals surface area contributed by atoms with Crippen LogP contribution in [0.15, 0.2) is 47.4 Å². The van der Waals surface area contributed by atoms with Crippen molar-refractivity contribution in [2.24, 2.45) is 5.73 Å². The molecule has 1 heterocycles. The third-order valence-corrected chi connectivity index (χ3v) is 7.10. The first-order valence-corrected chi connectivity index (χ1v) is 11.7. The normalized spacial score (nSPS) is 17.5. The van der Waals surface area contributed by atoms with E-state index in [0.29, 0.717) is 18.2 Å². The molecule has 37 heavy (non-hydrogen) atoms. The van der Waals surface area contributed by atoms with E-state index in [4.69, 9.17) is 10.5 Å². The highest BCUT2D eigenvalue weighted by atomic mass is 32.2. The average Bonchev–Trinajstić information content (AvgIpc) is 2.76. The molecule has 3 rings (SSSR count). The molecule has 204 valence electrons. The number of alkyl halides is 6. The summed E-state index contributed by atoms with van der Waals surface area (Å²) in [6, 6.07) is 3.83. The Morgan fingerprint density at radius 3 is 2.24 bits per heavy atom. The topological polar surface area (TPSA) is 111 Å². The van der Waals surface area contributed by atoms with Gasteiger partial charge in [0.2, 0.25) is 5.60 Å². The minimum Gasteiger partial charge on any atom is -0.484 e. The molecule has 1 aliphatic heterocycles. The molecule has 0 unspecified atom stereocenters. The number of carbonyl (C=O) groups is 1. The van der Waals surface area contributed by atoms with Gasteiger partial charge in [-0.2, -0.15) is 26.3 Å². The Morgan fingerprint density at radius 1 is 1.11 bits per heavy atom. The number of anilines is 2. The van der Waals surface area contributed by atoms with Gasteiger partial charge in [-0.15, -0.1) is 0 Å². The zero-order valence-electron chi connectivity index (χ0n) is 19.0. The first-order chi connectivity index (χ1) is 16.8. The number of sulfonamides is 1. The molecule has 0 radical (unpaired) electrons. The van der Waals surface area contributed by atoms with Gasteiger partial charge in [0.1, 0.15) is 23.7 Å². The first kappa shape index (κ1) is 28.3. The first-order valence-electron chi connectivity index (χ1n) is 10.3. The van der Waals surface area contributed by atoms with Crippen molar-refractivity contribution >= 4 is 27.5 Å². The Labute approximate surface area is 206 Å². The van der Waals surface area contributed by atoms with Gasteiger partial charge in [0.05, 0.1) is 17.1 Å². The lowest BCUT2D eigenvalue weighted by molar-refractivity contribution is -0.242. The molecule has 2 aromatic rings. The van der Waals surface area contributed by atoms with Crippen molar-refractivity contribution < 1.29 is 53.4 Å². The molecule has 2 aromatic carbocycles. The number of nitrogens with zero attached hydrogens (tertiary/aromatic N) is 1. The van der Waals surface area contributed by atoms with Gasteiger partial charge >= 0.3 is 18.4 Å². The summed E-state index contributed by atoms with van der Waals surface area (Å²) in [6.07, 6.45) is -13.3. The molecule has 0 saturated heterocycles. The third kappa shape index (κ3) is 6.01. The number of amides is 1. The van der Waals surface area contributed by atoms with Gasteiger partial charge in [-0.1, -0.05) is 0 Å². The van der Waals surface area contributed by atoms with Crippen LogP contribution >= 0.6 is 0 Å². The van der Waals surface area contributed by atoms with E-state index in [0.717, 1.165) is 42.5 Å². The second-order valence-corrected chi connectivity index (χ2v) is 10.3. The van der Waals surface area contributed by atoms with Gasteiger partial charge in [-0.05, 0) is 56.3 Å². The second-order valence-electron chi connectivity index (χ2n) is 8.42. The minimum atomic E-state index is -4.95. The molecule has 8 nitrogen and oxygen atoms in total. The smallest absolute Gasteiger partial charge is 0.427 e. The fourth-order valence-electron chi connectivity index (χ4n) is 3.14. The number of hydrogen-bond acceptors (Lipinski definition) is 6. The molecule has 0 bridgehead atoms. The van der Waals surface area contributed by atoms with Crippen LogP contribution in [0.3, 0.4) is 0 Å². The van der Waals surface area contributed by atoms with Crippen LogP contribution in [0.4, 0.5) is 46.9 Å². The largest absolute Gasteiger partial charge is 0.484 e. The predicted molar refractivity (Wildman–Crippen MR) is 116 cm³/mol. The molecule has 0 aliphatic carbocycles. The Hall–Kier alpha value is -3.27. The van der Waals surface area contributed by atoms with Crippen LogP contribution in [0.2, 0.25) is 0 Å². The van der Waals surface area contributed by atoms with Crippen LogP contribution in [0, 0.1) is 5.82 Å². The van der Waals surface area contributed by atoms with E-state index in [1.165, 1.54) is 0 Å². The number of rotatable bonds is 5. The van der Waals surface area contributed by atoms with Crippen LogP contribution in [0.1, 0.15) is 13.8 Å². The molecular formula is C21H20F7N3O5S. The Morgan fingerprint density at radius 2 is 1.70 bits per heavy atom. The van der Waals surface area contributed by atoms with E-state index in [-0.39, 0.29) is 17.1 Å². The number of benzene rings is 2. The molecule has 1 amide bonds. The fraction of sp³-hybridized carbons (Fsp3) is 0.381. The average molecular weight is 559 g/mol. The van der Waals surface area contributed by atoms with E-state index in [1.54, 1.807) is 0 Å². The monoisotopic (exact) mass is 559 g/mol. The number of nitrogens with one attached hydrogen (secondary N) is 1. The van der Waals surface area contributed by atoms with Gasteiger partial charge in [0.15, 0.2) is 0 Å². The minimum absolute atomic E-state index is 0.261. The molecule has 3 N–H and O–H groups in total. The van der Waals surface area contributed by atoms with Gasteiger partial charge in [-0.25, -0.2) is 17.6 Å². The van der Waals surface area contributed by atoms with Crippen molar-refractivity contribution in [2.75, 3.05) is 16.2 Å². The zero-order chi connectivity index (χ0) is 28.0. The van der Waals surface area contributed by atoms with Crippen molar-refractivity contribution in [1.29, 1.82) is 0 Å². The Balaban J connectivity index is 2.01. The summed E-state index contributed by atoms with van der Waals surface area (Å²) in [4.78, 5) is 11.6. The molecule has 16 heteroatoms. The lowest BCUT2D eigenvalue weighted by Gasteiger charge is -2.38. The van der Waals surface area contributed by atoms with E-state index < -0.39 is 63.5 Å². The molecule has 0 fully saturated rings. The van der Waals surface area contributed by atoms with Gasteiger partial charge in [0, 0.05) is 5.69 Å². The quantitative estimate of drug-likeness (QED) is 0.520. The summed E-state index contributed by atoms with van der Waals surface area (Å²) in [6.45, 7) is 0.283. The van der Waals surface area contributed by atoms with Crippen molar-refractivity contribution in [3.05, 3.63) is 48.3 Å². The van der Waals surface area contributed by atoms with Crippen molar-refractivity contribution in [2.45, 2.75) is 48.8 Å². The SMILES string of the molecule is CC(C)(OC(=O)Nc1ccc2c(c1)N(S(=O)(=O)c1ccc(F)cc1)C[C@@H]([C@H](N)C(F)(F)F)O2)C(F)(F)F. The molecule has 0 spiro atoms. The number of carbonyl (C=O) groups excluding carboxylic acids is 1. The maximum absolute atomic E-state index is 13.3. The molecule has 1 aliphatic rings. The van der Waals surface area contributed by atoms with E-state index in [1.807, 2.05) is 5.32 Å². The van der Waals surface area contributed by atoms with Gasteiger partial charge in [-0.3, -0.25) is 9.62 Å². The number of fused-ring (bicyclic) bond motifs is 1. The summed E-state index contributed by atoms with van der Waals surface area (Å²) < 4.78 is 129. The van der Waals surface area contributed by atoms with E-state index >= 15 is 0 Å². The summed E-state index contributed by atoms with van der Waals surface area (Å²) in [5.74, 6) is -1.15. The van der Waals surface area contributed by atoms with Crippen molar-refractivity contribution in [3.63, 3.8) is 0 Å². The number of ether oxygens (including phenoxy) is 2. The predicted octanol–water partition coefficient (Wildman–Crippen LogP) is 4.56. The van der Waals surface area contributed by atoms with Crippen molar-refractivity contribution in [1.82, 2.24) is 0 Å². The standard InChI is InChI=1S/C21H20F7N3O5S/c1-19(2,21(26,27)28)36-18(32)30-12-5-8-15-14(9-12)31(10-16(35-15)17(29)20(23,24)25)37(33,34)13-6-3-11(22)4-7-13/h3-9,16-17H,10,29H2,1-2H3,(H,30,32)/t16-,17-/m0/s1. The van der Waals surface area contributed by atoms with Gasteiger partial charge in [0.25, 0.3) is 10.0 Å². The lowest BCUT2D eigenvalue weighted by Crippen LogP contribution is -2.56. The van der Waals surface area contributed by atoms with Crippen LogP contribution in [0.5, 0.6) is 5.75 Å². The Kier molecular flexibility index (Phi) is 7.31. The lowest BCUT2D eigenvalue weighted by atomic mass is 10.1. The summed E-state index contributed by atoms with van der Waals surface area (Å²) in [7, 11) is -4.63. The second kappa shape index (κ2) is 9.55. The maximum Gasteiger partial charge on any atom is 0.427 e. The molecule has 0 saturated carbocycles. The highest BCUT2D eigenvalue weighted by Gasteiger charge is 2.51. The van der Waals surface area contributed by atoms with Crippen LogP contribution in [0.25, 0.3) is 0 Å². The number of hydrogen-bond donors (Lipinski definition) is 2. The summed E-state index contributed by atoms with van der Waals surface area (Å²) in [5, 5.41) is 2.01. The number of nitrogens with two attached hydrogens (primary N) is 1. The summed E-state index contributed by atoms with van der Waals surface area (Å²) >= 11 is 0. The van der Waals surface area contributed by atoms with Gasteiger partial charge < -0.3 is 15.2 Å².